The van der Waals surface area contributed by atoms with Crippen molar-refractivity contribution in [2.45, 2.75) is 13.5 Å². The molecule has 8 heteroatoms. The zero-order chi connectivity index (χ0) is 18.3. The van der Waals surface area contributed by atoms with E-state index in [1.165, 1.54) is 13.0 Å². The van der Waals surface area contributed by atoms with Crippen LogP contribution in [0, 0.1) is 30.2 Å². The Hall–Kier alpha value is -2.38. The minimum Gasteiger partial charge on any atom is -0.390 e. The van der Waals surface area contributed by atoms with Crippen LogP contribution in [0.4, 0.5) is 17.6 Å². The van der Waals surface area contributed by atoms with Gasteiger partial charge in [-0.05, 0) is 25.1 Å². The minimum absolute atomic E-state index is 0.0272. The number of hydrogen-bond acceptors (Lipinski definition) is 2. The van der Waals surface area contributed by atoms with Gasteiger partial charge in [0.25, 0.3) is 0 Å². The van der Waals surface area contributed by atoms with Crippen LogP contribution in [0.25, 0.3) is 16.9 Å². The van der Waals surface area contributed by atoms with Crippen LogP contribution >= 0.6 is 11.6 Å². The summed E-state index contributed by atoms with van der Waals surface area (Å²) in [7, 11) is 0. The molecular weight excluding hydrogens is 360 g/mol. The molecule has 0 saturated heterocycles. The summed E-state index contributed by atoms with van der Waals surface area (Å²) >= 11 is 6.02. The quantitative estimate of drug-likeness (QED) is 0.687. The topological polar surface area (TPSA) is 38.1 Å². The lowest BCUT2D eigenvalue weighted by Crippen LogP contribution is -2.08. The van der Waals surface area contributed by atoms with Gasteiger partial charge >= 0.3 is 0 Å². The molecule has 25 heavy (non-hydrogen) atoms. The summed E-state index contributed by atoms with van der Waals surface area (Å²) in [5.74, 6) is -3.78. The molecule has 3 nitrogen and oxygen atoms in total. The number of aryl methyl sites for hydroxylation is 1. The molecule has 0 amide bonds. The van der Waals surface area contributed by atoms with Crippen molar-refractivity contribution in [3.05, 3.63) is 70.1 Å². The van der Waals surface area contributed by atoms with Crippen molar-refractivity contribution in [3.8, 4) is 16.9 Å². The van der Waals surface area contributed by atoms with E-state index in [1.807, 2.05) is 0 Å². The minimum atomic E-state index is -1.15. The third-order valence-electron chi connectivity index (χ3n) is 3.68. The van der Waals surface area contributed by atoms with E-state index >= 15 is 0 Å². The third-order valence-corrected chi connectivity index (χ3v) is 3.99. The summed E-state index contributed by atoms with van der Waals surface area (Å²) in [6, 6.07) is 4.62. The van der Waals surface area contributed by atoms with Gasteiger partial charge in [-0.1, -0.05) is 11.6 Å². The maximum atomic E-state index is 14.2. The van der Waals surface area contributed by atoms with Crippen molar-refractivity contribution in [2.24, 2.45) is 0 Å². The van der Waals surface area contributed by atoms with Crippen molar-refractivity contribution in [1.82, 2.24) is 9.55 Å². The van der Waals surface area contributed by atoms with Crippen LogP contribution in [0.2, 0.25) is 5.02 Å². The number of aliphatic hydroxyl groups excluding tert-OH is 1. The predicted molar refractivity (Wildman–Crippen MR) is 84.5 cm³/mol. The van der Waals surface area contributed by atoms with Gasteiger partial charge in [-0.3, -0.25) is 4.57 Å². The standard InChI is InChI=1S/C17H11ClF4N2O/c1-8-23-16(11-3-2-9(19)4-12(11)18)15(7-25)24(8)17-13(21)5-10(20)6-14(17)22/h2-6,25H,7H2,1H3. The molecule has 0 unspecified atom stereocenters. The van der Waals surface area contributed by atoms with Gasteiger partial charge in [-0.15, -0.1) is 0 Å². The van der Waals surface area contributed by atoms with E-state index in [9.17, 15) is 22.7 Å². The van der Waals surface area contributed by atoms with Crippen LogP contribution in [0.3, 0.4) is 0 Å². The van der Waals surface area contributed by atoms with Gasteiger partial charge in [0.1, 0.15) is 23.1 Å². The van der Waals surface area contributed by atoms with Gasteiger partial charge in [-0.25, -0.2) is 22.5 Å². The maximum absolute atomic E-state index is 14.2. The Morgan fingerprint density at radius 3 is 2.24 bits per heavy atom. The molecule has 1 N–H and O–H groups in total. The molecular formula is C17H11ClF4N2O. The summed E-state index contributed by atoms with van der Waals surface area (Å²) in [4.78, 5) is 4.19. The molecule has 0 aliphatic rings. The zero-order valence-corrected chi connectivity index (χ0v) is 13.6. The monoisotopic (exact) mass is 370 g/mol. The lowest BCUT2D eigenvalue weighted by Gasteiger charge is -2.12. The lowest BCUT2D eigenvalue weighted by molar-refractivity contribution is 0.274. The van der Waals surface area contributed by atoms with Gasteiger partial charge in [0.2, 0.25) is 0 Å². The van der Waals surface area contributed by atoms with E-state index < -0.39 is 35.6 Å². The number of halogens is 5. The molecule has 130 valence electrons. The summed E-state index contributed by atoms with van der Waals surface area (Å²) in [6.45, 7) is 0.836. The van der Waals surface area contributed by atoms with Gasteiger partial charge < -0.3 is 5.11 Å². The number of benzene rings is 2. The molecule has 0 aliphatic carbocycles. The predicted octanol–water partition coefficient (Wildman–Crippen LogP) is 4.55. The molecule has 0 saturated carbocycles. The number of imidazole rings is 1. The molecule has 0 aliphatic heterocycles. The highest BCUT2D eigenvalue weighted by Gasteiger charge is 2.23. The molecule has 1 aromatic heterocycles. The first-order chi connectivity index (χ1) is 11.8. The number of aromatic nitrogens is 2. The Labute approximate surface area is 145 Å². The normalized spacial score (nSPS) is 11.2. The number of aliphatic hydroxyl groups is 1. The fourth-order valence-corrected chi connectivity index (χ4v) is 2.92. The third kappa shape index (κ3) is 3.01. The van der Waals surface area contributed by atoms with Crippen LogP contribution < -0.4 is 0 Å². The molecule has 3 aromatic rings. The Morgan fingerprint density at radius 1 is 1.04 bits per heavy atom. The number of hydrogen-bond donors (Lipinski definition) is 1. The lowest BCUT2D eigenvalue weighted by atomic mass is 10.1. The highest BCUT2D eigenvalue weighted by atomic mass is 35.5. The molecule has 0 atom stereocenters. The molecule has 3 rings (SSSR count). The van der Waals surface area contributed by atoms with Gasteiger partial charge in [-0.2, -0.15) is 0 Å². The smallest absolute Gasteiger partial charge is 0.153 e. The van der Waals surface area contributed by atoms with E-state index in [2.05, 4.69) is 4.98 Å². The molecule has 0 fully saturated rings. The van der Waals surface area contributed by atoms with E-state index in [-0.39, 0.29) is 27.8 Å². The van der Waals surface area contributed by atoms with Crippen molar-refractivity contribution < 1.29 is 22.7 Å². The van der Waals surface area contributed by atoms with Gasteiger partial charge in [0.05, 0.1) is 23.0 Å². The first-order valence-corrected chi connectivity index (χ1v) is 7.50. The van der Waals surface area contributed by atoms with E-state index in [0.29, 0.717) is 12.1 Å². The van der Waals surface area contributed by atoms with Crippen LogP contribution in [0.15, 0.2) is 30.3 Å². The Balaban J connectivity index is 2.29. The molecule has 0 spiro atoms. The average molecular weight is 371 g/mol. The van der Waals surface area contributed by atoms with Crippen LogP contribution in [0.5, 0.6) is 0 Å². The second kappa shape index (κ2) is 6.50. The fraction of sp³-hybridized carbons (Fsp3) is 0.118. The van der Waals surface area contributed by atoms with Crippen LogP contribution in [-0.2, 0) is 6.61 Å². The van der Waals surface area contributed by atoms with E-state index in [0.717, 1.165) is 16.7 Å². The molecule has 2 aromatic carbocycles. The van der Waals surface area contributed by atoms with Crippen molar-refractivity contribution in [3.63, 3.8) is 0 Å². The Kier molecular flexibility index (Phi) is 4.53. The SMILES string of the molecule is Cc1nc(-c2ccc(F)cc2Cl)c(CO)n1-c1c(F)cc(F)cc1F. The first-order valence-electron chi connectivity index (χ1n) is 7.13. The molecule has 1 heterocycles. The molecule has 0 bridgehead atoms. The summed E-state index contributed by atoms with van der Waals surface area (Å²) in [5, 5.41) is 9.75. The summed E-state index contributed by atoms with van der Waals surface area (Å²) < 4.78 is 55.7. The highest BCUT2D eigenvalue weighted by Crippen LogP contribution is 2.33. The van der Waals surface area contributed by atoms with Crippen molar-refractivity contribution >= 4 is 11.6 Å². The number of rotatable bonds is 3. The molecule has 0 radical (unpaired) electrons. The van der Waals surface area contributed by atoms with Crippen LogP contribution in [0.1, 0.15) is 11.5 Å². The Bertz CT molecular complexity index is 949. The maximum Gasteiger partial charge on any atom is 0.153 e. The van der Waals surface area contributed by atoms with Crippen molar-refractivity contribution in [1.29, 1.82) is 0 Å². The highest BCUT2D eigenvalue weighted by molar-refractivity contribution is 6.33. The largest absolute Gasteiger partial charge is 0.390 e. The van der Waals surface area contributed by atoms with Gasteiger partial charge in [0.15, 0.2) is 11.6 Å². The van der Waals surface area contributed by atoms with E-state index in [4.69, 9.17) is 11.6 Å². The van der Waals surface area contributed by atoms with Crippen LogP contribution in [-0.4, -0.2) is 14.7 Å². The number of nitrogens with zero attached hydrogens (tertiary/aromatic N) is 2. The van der Waals surface area contributed by atoms with E-state index in [1.54, 1.807) is 0 Å². The van der Waals surface area contributed by atoms with Gasteiger partial charge in [0, 0.05) is 17.7 Å². The zero-order valence-electron chi connectivity index (χ0n) is 12.8. The van der Waals surface area contributed by atoms with Crippen molar-refractivity contribution in [2.75, 3.05) is 0 Å². The fourth-order valence-electron chi connectivity index (χ4n) is 2.67. The summed E-state index contributed by atoms with van der Waals surface area (Å²) in [6.07, 6.45) is 0. The summed E-state index contributed by atoms with van der Waals surface area (Å²) in [5.41, 5.74) is -0.0969. The second-order valence-corrected chi connectivity index (χ2v) is 5.70. The first kappa shape index (κ1) is 17.4. The second-order valence-electron chi connectivity index (χ2n) is 5.29. The average Bonchev–Trinajstić information content (AvgIpc) is 2.83. The Morgan fingerprint density at radius 2 is 1.68 bits per heavy atom.